The minimum Gasteiger partial charge on any atom is -0.467 e. The predicted octanol–water partition coefficient (Wildman–Crippen LogP) is 3.80. The fourth-order valence-corrected chi connectivity index (χ4v) is 3.41. The maximum absolute atomic E-state index is 12.4. The van der Waals surface area contributed by atoms with Crippen molar-refractivity contribution in [1.82, 2.24) is 20.3 Å². The van der Waals surface area contributed by atoms with Gasteiger partial charge >= 0.3 is 17.5 Å². The average Bonchev–Trinajstić information content (AvgIpc) is 2.73. The second kappa shape index (κ2) is 9.83. The number of anilines is 2. The third-order valence-electron chi connectivity index (χ3n) is 4.22. The van der Waals surface area contributed by atoms with Gasteiger partial charge in [-0.2, -0.15) is 28.1 Å². The Bertz CT molecular complexity index is 860. The zero-order valence-electron chi connectivity index (χ0n) is 16.2. The molecule has 12 heteroatoms. The van der Waals surface area contributed by atoms with Crippen molar-refractivity contribution in [3.05, 3.63) is 30.1 Å². The van der Waals surface area contributed by atoms with Crippen LogP contribution in [0.2, 0.25) is 0 Å². The smallest absolute Gasteiger partial charge is 0.446 e. The fourth-order valence-electron chi connectivity index (χ4n) is 2.87. The maximum Gasteiger partial charge on any atom is 0.446 e. The molecule has 1 aromatic heterocycles. The molecule has 2 heterocycles. The highest BCUT2D eigenvalue weighted by Crippen LogP contribution is 2.37. The maximum atomic E-state index is 12.4. The van der Waals surface area contributed by atoms with Crippen LogP contribution in [-0.2, 0) is 6.54 Å². The number of thioether (sulfide) groups is 1. The number of urea groups is 1. The summed E-state index contributed by atoms with van der Waals surface area (Å²) in [7, 11) is 1.46. The summed E-state index contributed by atoms with van der Waals surface area (Å²) in [6, 6.07) is 5.00. The van der Waals surface area contributed by atoms with Crippen molar-refractivity contribution < 1.29 is 22.7 Å². The molecule has 3 rings (SSSR count). The number of hydrogen-bond acceptors (Lipinski definition) is 7. The summed E-state index contributed by atoms with van der Waals surface area (Å²) in [6.07, 6.45) is 3.29. The summed E-state index contributed by atoms with van der Waals surface area (Å²) in [5, 5.41) is 5.18. The SMILES string of the molecule is COc1nc(CNC(=O)Nc2ccc(SC(F)(F)F)cc2)nc(N2CCCCC2)n1. The number of nitrogens with one attached hydrogen (secondary N) is 2. The van der Waals surface area contributed by atoms with Crippen LogP contribution in [0, 0.1) is 0 Å². The van der Waals surface area contributed by atoms with E-state index in [4.69, 9.17) is 4.74 Å². The monoisotopic (exact) mass is 442 g/mol. The van der Waals surface area contributed by atoms with E-state index in [2.05, 4.69) is 30.5 Å². The third kappa shape index (κ3) is 6.65. The first-order valence-corrected chi connectivity index (χ1v) is 10.1. The lowest BCUT2D eigenvalue weighted by Crippen LogP contribution is -2.32. The number of rotatable bonds is 6. The van der Waals surface area contributed by atoms with Crippen molar-refractivity contribution in [2.24, 2.45) is 0 Å². The first-order valence-electron chi connectivity index (χ1n) is 9.27. The lowest BCUT2D eigenvalue weighted by molar-refractivity contribution is -0.0328. The van der Waals surface area contributed by atoms with E-state index >= 15 is 0 Å². The number of benzene rings is 1. The number of ether oxygens (including phenoxy) is 1. The number of aromatic nitrogens is 3. The Morgan fingerprint density at radius 3 is 2.47 bits per heavy atom. The Kier molecular flexibility index (Phi) is 7.19. The summed E-state index contributed by atoms with van der Waals surface area (Å²) >= 11 is -0.214. The number of hydrogen-bond donors (Lipinski definition) is 2. The van der Waals surface area contributed by atoms with E-state index < -0.39 is 11.5 Å². The van der Waals surface area contributed by atoms with Crippen LogP contribution in [-0.4, -0.2) is 46.7 Å². The average molecular weight is 442 g/mol. The van der Waals surface area contributed by atoms with Gasteiger partial charge in [0.2, 0.25) is 5.95 Å². The molecule has 0 atom stereocenters. The first-order chi connectivity index (χ1) is 14.3. The Hall–Kier alpha value is -2.76. The molecule has 2 amide bonds. The molecule has 1 saturated heterocycles. The van der Waals surface area contributed by atoms with E-state index in [0.29, 0.717) is 17.5 Å². The van der Waals surface area contributed by atoms with Gasteiger partial charge in [-0.1, -0.05) is 0 Å². The molecule has 0 radical (unpaired) electrons. The van der Waals surface area contributed by atoms with Gasteiger partial charge in [0, 0.05) is 23.7 Å². The zero-order valence-corrected chi connectivity index (χ0v) is 17.0. The summed E-state index contributed by atoms with van der Waals surface area (Å²) in [6.45, 7) is 1.74. The molecule has 0 unspecified atom stereocenters. The summed E-state index contributed by atoms with van der Waals surface area (Å²) in [4.78, 5) is 27.0. The Labute approximate surface area is 175 Å². The number of alkyl halides is 3. The van der Waals surface area contributed by atoms with Gasteiger partial charge in [-0.15, -0.1) is 0 Å². The molecule has 0 spiro atoms. The topological polar surface area (TPSA) is 92.3 Å². The summed E-state index contributed by atoms with van der Waals surface area (Å²) in [5.74, 6) is 0.853. The second-order valence-electron chi connectivity index (χ2n) is 6.47. The van der Waals surface area contributed by atoms with Crippen LogP contribution in [0.15, 0.2) is 29.2 Å². The molecule has 1 aliphatic heterocycles. The molecular weight excluding hydrogens is 421 g/mol. The Morgan fingerprint density at radius 2 is 1.83 bits per heavy atom. The summed E-state index contributed by atoms with van der Waals surface area (Å²) in [5.41, 5.74) is -3.99. The van der Waals surface area contributed by atoms with E-state index in [-0.39, 0.29) is 29.2 Å². The van der Waals surface area contributed by atoms with Gasteiger partial charge in [0.15, 0.2) is 5.82 Å². The Balaban J connectivity index is 1.57. The second-order valence-corrected chi connectivity index (χ2v) is 7.60. The highest BCUT2D eigenvalue weighted by molar-refractivity contribution is 8.00. The normalized spacial score (nSPS) is 14.3. The predicted molar refractivity (Wildman–Crippen MR) is 107 cm³/mol. The number of nitrogens with zero attached hydrogens (tertiary/aromatic N) is 4. The molecule has 2 aromatic rings. The summed E-state index contributed by atoms with van der Waals surface area (Å²) < 4.78 is 42.2. The van der Waals surface area contributed by atoms with Crippen LogP contribution >= 0.6 is 11.8 Å². The molecule has 162 valence electrons. The van der Waals surface area contributed by atoms with Crippen LogP contribution in [0.4, 0.5) is 29.6 Å². The van der Waals surface area contributed by atoms with E-state index in [1.807, 2.05) is 0 Å². The van der Waals surface area contributed by atoms with Gasteiger partial charge in [0.25, 0.3) is 0 Å². The van der Waals surface area contributed by atoms with E-state index in [1.54, 1.807) is 0 Å². The molecule has 1 aliphatic rings. The van der Waals surface area contributed by atoms with Gasteiger partial charge in [0.1, 0.15) is 0 Å². The molecular formula is C18H21F3N6O2S. The van der Waals surface area contributed by atoms with Crippen molar-refractivity contribution >= 4 is 29.4 Å². The van der Waals surface area contributed by atoms with E-state index in [0.717, 1.165) is 25.9 Å². The molecule has 2 N–H and O–H groups in total. The van der Waals surface area contributed by atoms with E-state index in [1.165, 1.54) is 37.8 Å². The van der Waals surface area contributed by atoms with Crippen LogP contribution in [0.3, 0.4) is 0 Å². The van der Waals surface area contributed by atoms with Crippen molar-refractivity contribution in [3.63, 3.8) is 0 Å². The molecule has 0 bridgehead atoms. The third-order valence-corrected chi connectivity index (χ3v) is 4.96. The van der Waals surface area contributed by atoms with E-state index in [9.17, 15) is 18.0 Å². The number of halogens is 3. The fraction of sp³-hybridized carbons (Fsp3) is 0.444. The number of amides is 2. The van der Waals surface area contributed by atoms with Gasteiger partial charge in [-0.3, -0.25) is 0 Å². The molecule has 0 saturated carbocycles. The highest BCUT2D eigenvalue weighted by atomic mass is 32.2. The highest BCUT2D eigenvalue weighted by Gasteiger charge is 2.29. The van der Waals surface area contributed by atoms with Crippen LogP contribution in [0.5, 0.6) is 6.01 Å². The van der Waals surface area contributed by atoms with Crippen LogP contribution in [0.1, 0.15) is 25.1 Å². The Morgan fingerprint density at radius 1 is 1.13 bits per heavy atom. The van der Waals surface area contributed by atoms with Crippen molar-refractivity contribution in [2.75, 3.05) is 30.4 Å². The zero-order chi connectivity index (χ0) is 21.6. The quantitative estimate of drug-likeness (QED) is 0.658. The lowest BCUT2D eigenvalue weighted by Gasteiger charge is -2.26. The largest absolute Gasteiger partial charge is 0.467 e. The minimum atomic E-state index is -4.36. The van der Waals surface area contributed by atoms with Crippen LogP contribution < -0.4 is 20.3 Å². The van der Waals surface area contributed by atoms with Gasteiger partial charge in [0.05, 0.1) is 13.7 Å². The number of carbonyl (C=O) groups excluding carboxylic acids is 1. The van der Waals surface area contributed by atoms with Gasteiger partial charge in [-0.25, -0.2) is 4.79 Å². The molecule has 8 nitrogen and oxygen atoms in total. The van der Waals surface area contributed by atoms with Gasteiger partial charge in [-0.05, 0) is 55.3 Å². The van der Waals surface area contributed by atoms with Crippen LogP contribution in [0.25, 0.3) is 0 Å². The number of piperidine rings is 1. The molecule has 0 aliphatic carbocycles. The van der Waals surface area contributed by atoms with Crippen molar-refractivity contribution in [1.29, 1.82) is 0 Å². The lowest BCUT2D eigenvalue weighted by atomic mass is 10.1. The number of methoxy groups -OCH3 is 1. The number of carbonyl (C=O) groups is 1. The van der Waals surface area contributed by atoms with Gasteiger partial charge < -0.3 is 20.3 Å². The standard InChI is InChI=1S/C18H21F3N6O2S/c1-29-17-25-14(24-15(26-17)27-9-3-2-4-10-27)11-22-16(28)23-12-5-7-13(8-6-12)30-18(19,20)21/h5-8H,2-4,9-11H2,1H3,(H2,22,23,28). The molecule has 30 heavy (non-hydrogen) atoms. The minimum absolute atomic E-state index is 0.0353. The van der Waals surface area contributed by atoms with Crippen molar-refractivity contribution in [3.8, 4) is 6.01 Å². The molecule has 1 aromatic carbocycles. The van der Waals surface area contributed by atoms with Crippen molar-refractivity contribution in [2.45, 2.75) is 36.2 Å². The first kappa shape index (κ1) is 21.9. The molecule has 1 fully saturated rings.